The summed E-state index contributed by atoms with van der Waals surface area (Å²) in [6.45, 7) is 5.31. The van der Waals surface area contributed by atoms with Crippen LogP contribution in [0.1, 0.15) is 31.5 Å². The van der Waals surface area contributed by atoms with Crippen molar-refractivity contribution in [2.24, 2.45) is 0 Å². The smallest absolute Gasteiger partial charge is 0.322 e. The number of anilines is 1. The van der Waals surface area contributed by atoms with Crippen LogP contribution in [0.25, 0.3) is 0 Å². The molecule has 1 atom stereocenters. The molecule has 0 spiro atoms. The summed E-state index contributed by atoms with van der Waals surface area (Å²) < 4.78 is 15.6. The Morgan fingerprint density at radius 3 is 2.61 bits per heavy atom. The molecular formula is C23H26FN3O. The normalized spacial score (nSPS) is 11.8. The largest absolute Gasteiger partial charge is 0.345 e. The SMILES string of the molecule is CC[C@@H](C)N(Cc1cccn1Cc1ccccc1)C(=O)Nc1cccc(F)c1. The highest BCUT2D eigenvalue weighted by atomic mass is 19.1. The van der Waals surface area contributed by atoms with Crippen LogP contribution in [0.2, 0.25) is 0 Å². The number of hydrogen-bond donors (Lipinski definition) is 1. The second-order valence-corrected chi connectivity index (χ2v) is 6.94. The van der Waals surface area contributed by atoms with Gasteiger partial charge in [0, 0.05) is 30.2 Å². The molecule has 0 saturated heterocycles. The summed E-state index contributed by atoms with van der Waals surface area (Å²) >= 11 is 0. The predicted molar refractivity (Wildman–Crippen MR) is 111 cm³/mol. The second-order valence-electron chi connectivity index (χ2n) is 6.94. The monoisotopic (exact) mass is 379 g/mol. The van der Waals surface area contributed by atoms with Gasteiger partial charge in [-0.15, -0.1) is 0 Å². The lowest BCUT2D eigenvalue weighted by Crippen LogP contribution is -2.41. The van der Waals surface area contributed by atoms with Gasteiger partial charge in [-0.25, -0.2) is 9.18 Å². The number of amides is 2. The van der Waals surface area contributed by atoms with Crippen molar-refractivity contribution >= 4 is 11.7 Å². The van der Waals surface area contributed by atoms with Gasteiger partial charge in [-0.1, -0.05) is 43.3 Å². The van der Waals surface area contributed by atoms with Gasteiger partial charge in [0.2, 0.25) is 0 Å². The standard InChI is InChI=1S/C23H26FN3O/c1-3-18(2)27(23(28)25-21-12-7-11-20(24)15-21)17-22-13-8-14-26(22)16-19-9-5-4-6-10-19/h4-15,18H,3,16-17H2,1-2H3,(H,25,28)/t18-/m1/s1. The maximum atomic E-state index is 13.4. The van der Waals surface area contributed by atoms with Crippen LogP contribution < -0.4 is 5.32 Å². The van der Waals surface area contributed by atoms with Gasteiger partial charge in [-0.2, -0.15) is 0 Å². The molecule has 28 heavy (non-hydrogen) atoms. The number of aromatic nitrogens is 1. The number of nitrogens with zero attached hydrogens (tertiary/aromatic N) is 2. The number of nitrogens with one attached hydrogen (secondary N) is 1. The summed E-state index contributed by atoms with van der Waals surface area (Å²) in [4.78, 5) is 14.7. The third-order valence-corrected chi connectivity index (χ3v) is 4.91. The number of benzene rings is 2. The number of carbonyl (C=O) groups is 1. The Morgan fingerprint density at radius 2 is 1.89 bits per heavy atom. The molecule has 3 aromatic rings. The molecule has 5 heteroatoms. The van der Waals surface area contributed by atoms with E-state index in [2.05, 4.69) is 28.9 Å². The van der Waals surface area contributed by atoms with Gasteiger partial charge in [-0.3, -0.25) is 0 Å². The van der Waals surface area contributed by atoms with Crippen molar-refractivity contribution in [2.75, 3.05) is 5.32 Å². The van der Waals surface area contributed by atoms with Crippen LogP contribution in [0.15, 0.2) is 72.9 Å². The molecule has 1 aromatic heterocycles. The number of urea groups is 1. The number of rotatable bonds is 7. The zero-order valence-electron chi connectivity index (χ0n) is 16.3. The first-order chi connectivity index (χ1) is 13.6. The fourth-order valence-electron chi connectivity index (χ4n) is 3.11. The third kappa shape index (κ3) is 5.00. The molecule has 2 aromatic carbocycles. The average Bonchev–Trinajstić information content (AvgIpc) is 3.13. The van der Waals surface area contributed by atoms with Crippen LogP contribution in [-0.4, -0.2) is 21.5 Å². The molecule has 2 amide bonds. The Hall–Kier alpha value is -3.08. The van der Waals surface area contributed by atoms with Gasteiger partial charge >= 0.3 is 6.03 Å². The van der Waals surface area contributed by atoms with Gasteiger partial charge in [0.05, 0.1) is 6.54 Å². The molecule has 3 rings (SSSR count). The van der Waals surface area contributed by atoms with Crippen molar-refractivity contribution < 1.29 is 9.18 Å². The first kappa shape index (κ1) is 19.7. The molecule has 1 N–H and O–H groups in total. The number of carbonyl (C=O) groups excluding carboxylic acids is 1. The van der Waals surface area contributed by atoms with Crippen molar-refractivity contribution in [2.45, 2.75) is 39.4 Å². The third-order valence-electron chi connectivity index (χ3n) is 4.91. The Kier molecular flexibility index (Phi) is 6.48. The lowest BCUT2D eigenvalue weighted by Gasteiger charge is -2.29. The van der Waals surface area contributed by atoms with Crippen LogP contribution in [0.4, 0.5) is 14.9 Å². The maximum absolute atomic E-state index is 13.4. The second kappa shape index (κ2) is 9.22. The van der Waals surface area contributed by atoms with Crippen LogP contribution in [-0.2, 0) is 13.1 Å². The number of halogens is 1. The van der Waals surface area contributed by atoms with E-state index in [0.717, 1.165) is 18.7 Å². The van der Waals surface area contributed by atoms with Crippen LogP contribution in [0.5, 0.6) is 0 Å². The molecule has 0 aliphatic rings. The van der Waals surface area contributed by atoms with Crippen LogP contribution in [0, 0.1) is 5.82 Å². The van der Waals surface area contributed by atoms with E-state index in [4.69, 9.17) is 0 Å². The Morgan fingerprint density at radius 1 is 1.11 bits per heavy atom. The van der Waals surface area contributed by atoms with Gasteiger partial charge < -0.3 is 14.8 Å². The maximum Gasteiger partial charge on any atom is 0.322 e. The molecule has 0 fully saturated rings. The van der Waals surface area contributed by atoms with Crippen LogP contribution in [0.3, 0.4) is 0 Å². The van der Waals surface area contributed by atoms with E-state index in [0.29, 0.717) is 12.2 Å². The molecule has 0 saturated carbocycles. The molecule has 0 radical (unpaired) electrons. The summed E-state index contributed by atoms with van der Waals surface area (Å²) in [5.41, 5.74) is 2.72. The highest BCUT2D eigenvalue weighted by molar-refractivity contribution is 5.89. The van der Waals surface area contributed by atoms with Crippen LogP contribution >= 0.6 is 0 Å². The fourth-order valence-corrected chi connectivity index (χ4v) is 3.11. The summed E-state index contributed by atoms with van der Waals surface area (Å²) in [5.74, 6) is -0.371. The molecule has 0 unspecified atom stereocenters. The fraction of sp³-hybridized carbons (Fsp3) is 0.261. The Bertz CT molecular complexity index is 907. The summed E-state index contributed by atoms with van der Waals surface area (Å²) in [6.07, 6.45) is 2.86. The first-order valence-electron chi connectivity index (χ1n) is 9.58. The van der Waals surface area contributed by atoms with Crippen molar-refractivity contribution in [1.82, 2.24) is 9.47 Å². The van der Waals surface area contributed by atoms with Crippen molar-refractivity contribution in [1.29, 1.82) is 0 Å². The topological polar surface area (TPSA) is 37.3 Å². The van der Waals surface area contributed by atoms with Crippen molar-refractivity contribution in [3.8, 4) is 0 Å². The zero-order valence-corrected chi connectivity index (χ0v) is 16.3. The van der Waals surface area contributed by atoms with E-state index < -0.39 is 0 Å². The minimum atomic E-state index is -0.371. The van der Waals surface area contributed by atoms with E-state index in [1.165, 1.54) is 17.7 Å². The van der Waals surface area contributed by atoms with Gasteiger partial charge in [-0.05, 0) is 49.2 Å². The summed E-state index contributed by atoms with van der Waals surface area (Å²) in [5, 5.41) is 2.82. The zero-order chi connectivity index (χ0) is 19.9. The lowest BCUT2D eigenvalue weighted by molar-refractivity contribution is 0.185. The van der Waals surface area contributed by atoms with E-state index in [9.17, 15) is 9.18 Å². The predicted octanol–water partition coefficient (Wildman–Crippen LogP) is 5.51. The van der Waals surface area contributed by atoms with E-state index in [1.54, 1.807) is 17.0 Å². The van der Waals surface area contributed by atoms with E-state index >= 15 is 0 Å². The van der Waals surface area contributed by atoms with Crippen molar-refractivity contribution in [3.05, 3.63) is 90.0 Å². The number of hydrogen-bond acceptors (Lipinski definition) is 1. The molecule has 1 heterocycles. The first-order valence-corrected chi connectivity index (χ1v) is 9.58. The molecule has 0 aliphatic heterocycles. The molecule has 4 nitrogen and oxygen atoms in total. The minimum Gasteiger partial charge on any atom is -0.345 e. The van der Waals surface area contributed by atoms with E-state index in [1.807, 2.05) is 43.5 Å². The molecule has 146 valence electrons. The van der Waals surface area contributed by atoms with Gasteiger partial charge in [0.15, 0.2) is 0 Å². The quantitative estimate of drug-likeness (QED) is 0.578. The molecule has 0 aliphatic carbocycles. The average molecular weight is 379 g/mol. The highest BCUT2D eigenvalue weighted by Gasteiger charge is 2.21. The molecular weight excluding hydrogens is 353 g/mol. The Labute approximate surface area is 165 Å². The lowest BCUT2D eigenvalue weighted by atomic mass is 10.2. The van der Waals surface area contributed by atoms with Crippen molar-refractivity contribution in [3.63, 3.8) is 0 Å². The Balaban J connectivity index is 1.76. The summed E-state index contributed by atoms with van der Waals surface area (Å²) in [6, 6.07) is 20.0. The highest BCUT2D eigenvalue weighted by Crippen LogP contribution is 2.17. The summed E-state index contributed by atoms with van der Waals surface area (Å²) in [7, 11) is 0. The van der Waals surface area contributed by atoms with Gasteiger partial charge in [0.1, 0.15) is 5.82 Å². The van der Waals surface area contributed by atoms with E-state index in [-0.39, 0.29) is 17.9 Å². The van der Waals surface area contributed by atoms with Gasteiger partial charge in [0.25, 0.3) is 0 Å². The molecule has 0 bridgehead atoms. The minimum absolute atomic E-state index is 0.0497.